The van der Waals surface area contributed by atoms with E-state index in [1.807, 2.05) is 6.07 Å². The summed E-state index contributed by atoms with van der Waals surface area (Å²) in [6, 6.07) is 13.7. The Labute approximate surface area is 157 Å². The molecule has 1 aromatic carbocycles. The molecular weight excluding hydrogens is 346 g/mol. The molecule has 0 spiro atoms. The fourth-order valence-corrected chi connectivity index (χ4v) is 3.17. The highest BCUT2D eigenvalue weighted by atomic mass is 32.2. The quantitative estimate of drug-likeness (QED) is 0.626. The summed E-state index contributed by atoms with van der Waals surface area (Å²) in [4.78, 5) is 16.4. The summed E-state index contributed by atoms with van der Waals surface area (Å²) in [6.45, 7) is 2.68. The number of aromatic nitrogens is 3. The molecule has 7 heteroatoms. The van der Waals surface area contributed by atoms with Crippen LogP contribution in [-0.4, -0.2) is 33.1 Å². The monoisotopic (exact) mass is 367 g/mol. The first-order chi connectivity index (χ1) is 12.7. The van der Waals surface area contributed by atoms with Crippen molar-refractivity contribution in [2.24, 2.45) is 0 Å². The van der Waals surface area contributed by atoms with E-state index in [-0.39, 0.29) is 6.03 Å². The predicted molar refractivity (Wildman–Crippen MR) is 106 cm³/mol. The van der Waals surface area contributed by atoms with Crippen molar-refractivity contribution in [3.8, 4) is 5.82 Å². The number of carbonyl (C=O) groups excluding carboxylic acids is 1. The number of thioether (sulfide) groups is 1. The molecule has 0 saturated carbocycles. The van der Waals surface area contributed by atoms with Gasteiger partial charge in [0.25, 0.3) is 0 Å². The summed E-state index contributed by atoms with van der Waals surface area (Å²) in [7, 11) is 0. The van der Waals surface area contributed by atoms with Crippen LogP contribution < -0.4 is 10.6 Å². The van der Waals surface area contributed by atoms with E-state index >= 15 is 0 Å². The third-order valence-electron chi connectivity index (χ3n) is 3.68. The molecule has 0 bridgehead atoms. The van der Waals surface area contributed by atoms with Gasteiger partial charge in [0.15, 0.2) is 5.82 Å². The molecule has 0 aliphatic heterocycles. The maximum atomic E-state index is 12.1. The molecule has 2 aromatic heterocycles. The molecule has 2 heterocycles. The van der Waals surface area contributed by atoms with Gasteiger partial charge >= 0.3 is 6.03 Å². The topological polar surface area (TPSA) is 71.8 Å². The average molecular weight is 367 g/mol. The lowest BCUT2D eigenvalue weighted by molar-refractivity contribution is 0.252. The molecule has 2 N–H and O–H groups in total. The number of aryl methyl sites for hydroxylation is 1. The first-order valence-corrected chi connectivity index (χ1v) is 9.51. The van der Waals surface area contributed by atoms with E-state index in [0.29, 0.717) is 18.1 Å². The first kappa shape index (κ1) is 18.0. The summed E-state index contributed by atoms with van der Waals surface area (Å²) in [5.74, 6) is 2.37. The molecule has 0 unspecified atom stereocenters. The van der Waals surface area contributed by atoms with Gasteiger partial charge < -0.3 is 10.6 Å². The molecular formula is C19H21N5OS. The molecule has 0 atom stereocenters. The summed E-state index contributed by atoms with van der Waals surface area (Å²) < 4.78 is 1.62. The standard InChI is InChI=1S/C19H21N5OS/c1-15-5-7-16(8-6-15)14-26-13-11-21-19(25)23-17-4-2-9-20-18(17)24-12-3-10-22-24/h2-10,12H,11,13-14H2,1H3,(H2,21,23,25). The summed E-state index contributed by atoms with van der Waals surface area (Å²) in [6.07, 6.45) is 5.12. The zero-order valence-electron chi connectivity index (χ0n) is 14.6. The number of hydrogen-bond acceptors (Lipinski definition) is 4. The second kappa shape index (κ2) is 9.05. The minimum atomic E-state index is -0.248. The zero-order valence-corrected chi connectivity index (χ0v) is 15.4. The zero-order chi connectivity index (χ0) is 18.2. The highest BCUT2D eigenvalue weighted by molar-refractivity contribution is 7.98. The van der Waals surface area contributed by atoms with E-state index in [2.05, 4.69) is 51.9 Å². The van der Waals surface area contributed by atoms with Crippen LogP contribution in [0, 0.1) is 6.92 Å². The number of amides is 2. The fourth-order valence-electron chi connectivity index (χ4n) is 2.35. The van der Waals surface area contributed by atoms with E-state index in [9.17, 15) is 4.79 Å². The molecule has 0 saturated heterocycles. The van der Waals surface area contributed by atoms with E-state index in [4.69, 9.17) is 0 Å². The van der Waals surface area contributed by atoms with Crippen LogP contribution in [0.4, 0.5) is 10.5 Å². The van der Waals surface area contributed by atoms with Gasteiger partial charge in [-0.15, -0.1) is 0 Å². The van der Waals surface area contributed by atoms with Crippen molar-refractivity contribution in [1.29, 1.82) is 0 Å². The largest absolute Gasteiger partial charge is 0.337 e. The third-order valence-corrected chi connectivity index (χ3v) is 4.71. The lowest BCUT2D eigenvalue weighted by Gasteiger charge is -2.11. The van der Waals surface area contributed by atoms with Crippen LogP contribution >= 0.6 is 11.8 Å². The van der Waals surface area contributed by atoms with Crippen LogP contribution in [-0.2, 0) is 5.75 Å². The predicted octanol–water partition coefficient (Wildman–Crippen LogP) is 3.63. The second-order valence-corrected chi connectivity index (χ2v) is 6.85. The van der Waals surface area contributed by atoms with Crippen molar-refractivity contribution in [2.45, 2.75) is 12.7 Å². The van der Waals surface area contributed by atoms with Gasteiger partial charge in [-0.25, -0.2) is 14.5 Å². The van der Waals surface area contributed by atoms with Gasteiger partial charge in [0.05, 0.1) is 5.69 Å². The normalized spacial score (nSPS) is 10.5. The minimum Gasteiger partial charge on any atom is -0.337 e. The van der Waals surface area contributed by atoms with Crippen LogP contribution in [0.25, 0.3) is 5.82 Å². The van der Waals surface area contributed by atoms with Gasteiger partial charge in [-0.05, 0) is 30.7 Å². The highest BCUT2D eigenvalue weighted by Gasteiger charge is 2.09. The third kappa shape index (κ3) is 5.10. The Balaban J connectivity index is 1.43. The Kier molecular flexibility index (Phi) is 6.27. The molecule has 6 nitrogen and oxygen atoms in total. The van der Waals surface area contributed by atoms with Gasteiger partial charge in [-0.2, -0.15) is 16.9 Å². The summed E-state index contributed by atoms with van der Waals surface area (Å²) in [5.41, 5.74) is 3.17. The SMILES string of the molecule is Cc1ccc(CSCCNC(=O)Nc2cccnc2-n2cccn2)cc1. The lowest BCUT2D eigenvalue weighted by atomic mass is 10.2. The fraction of sp³-hybridized carbons (Fsp3) is 0.211. The Morgan fingerprint density at radius 2 is 2.00 bits per heavy atom. The van der Waals surface area contributed by atoms with Gasteiger partial charge in [0.1, 0.15) is 0 Å². The smallest absolute Gasteiger partial charge is 0.319 e. The van der Waals surface area contributed by atoms with Gasteiger partial charge in [-0.1, -0.05) is 29.8 Å². The van der Waals surface area contributed by atoms with Crippen LogP contribution in [0.15, 0.2) is 61.1 Å². The number of pyridine rings is 1. The first-order valence-electron chi connectivity index (χ1n) is 8.35. The molecule has 0 aliphatic rings. The molecule has 2 amide bonds. The van der Waals surface area contributed by atoms with Crippen molar-refractivity contribution in [2.75, 3.05) is 17.6 Å². The van der Waals surface area contributed by atoms with Crippen molar-refractivity contribution in [3.63, 3.8) is 0 Å². The number of benzene rings is 1. The average Bonchev–Trinajstić information content (AvgIpc) is 3.18. The maximum absolute atomic E-state index is 12.1. The Morgan fingerprint density at radius 1 is 1.15 bits per heavy atom. The van der Waals surface area contributed by atoms with E-state index in [1.165, 1.54) is 11.1 Å². The number of rotatable bonds is 7. The van der Waals surface area contributed by atoms with Crippen molar-refractivity contribution >= 4 is 23.5 Å². The van der Waals surface area contributed by atoms with E-state index < -0.39 is 0 Å². The number of urea groups is 1. The molecule has 134 valence electrons. The van der Waals surface area contributed by atoms with Gasteiger partial charge in [0.2, 0.25) is 0 Å². The highest BCUT2D eigenvalue weighted by Crippen LogP contribution is 2.16. The number of hydrogen-bond donors (Lipinski definition) is 2. The lowest BCUT2D eigenvalue weighted by Crippen LogP contribution is -2.31. The van der Waals surface area contributed by atoms with Crippen molar-refractivity contribution in [3.05, 3.63) is 72.2 Å². The van der Waals surface area contributed by atoms with Crippen molar-refractivity contribution in [1.82, 2.24) is 20.1 Å². The molecule has 26 heavy (non-hydrogen) atoms. The van der Waals surface area contributed by atoms with E-state index in [0.717, 1.165) is 11.5 Å². The van der Waals surface area contributed by atoms with Crippen LogP contribution in [0.1, 0.15) is 11.1 Å². The molecule has 0 aliphatic carbocycles. The Morgan fingerprint density at radius 3 is 2.77 bits per heavy atom. The van der Waals surface area contributed by atoms with Crippen LogP contribution in [0.2, 0.25) is 0 Å². The van der Waals surface area contributed by atoms with E-state index in [1.54, 1.807) is 47.2 Å². The molecule has 0 radical (unpaired) electrons. The Bertz CT molecular complexity index is 833. The molecule has 3 aromatic rings. The Hall–Kier alpha value is -2.80. The summed E-state index contributed by atoms with van der Waals surface area (Å²) >= 11 is 1.79. The van der Waals surface area contributed by atoms with Crippen LogP contribution in [0.5, 0.6) is 0 Å². The second-order valence-electron chi connectivity index (χ2n) is 5.74. The number of anilines is 1. The maximum Gasteiger partial charge on any atom is 0.319 e. The molecule has 3 rings (SSSR count). The number of carbonyl (C=O) groups is 1. The van der Waals surface area contributed by atoms with Crippen molar-refractivity contribution < 1.29 is 4.79 Å². The minimum absolute atomic E-state index is 0.248. The van der Waals surface area contributed by atoms with Crippen LogP contribution in [0.3, 0.4) is 0 Å². The number of nitrogens with one attached hydrogen (secondary N) is 2. The molecule has 0 fully saturated rings. The van der Waals surface area contributed by atoms with Gasteiger partial charge in [-0.3, -0.25) is 0 Å². The van der Waals surface area contributed by atoms with Gasteiger partial charge in [0, 0.05) is 36.6 Å². The summed E-state index contributed by atoms with van der Waals surface area (Å²) in [5, 5.41) is 9.86. The number of nitrogens with zero attached hydrogens (tertiary/aromatic N) is 3.